The lowest BCUT2D eigenvalue weighted by molar-refractivity contribution is 0.324. The average molecular weight is 309 g/mol. The molecule has 0 saturated carbocycles. The number of aromatic amines is 1. The highest BCUT2D eigenvalue weighted by Gasteiger charge is 2.16. The minimum absolute atomic E-state index is 0.228. The first kappa shape index (κ1) is 15.0. The molecule has 7 nitrogen and oxygen atoms in total. The van der Waals surface area contributed by atoms with E-state index in [9.17, 15) is 0 Å². The Morgan fingerprint density at radius 3 is 2.14 bits per heavy atom. The second-order valence-corrected chi connectivity index (χ2v) is 4.56. The predicted molar refractivity (Wildman–Crippen MR) is 80.4 cm³/mol. The Bertz CT molecular complexity index is 632. The van der Waals surface area contributed by atoms with Crippen molar-refractivity contribution in [1.29, 1.82) is 0 Å². The maximum Gasteiger partial charge on any atom is 0.320 e. The molecule has 2 rings (SSSR count). The van der Waals surface area contributed by atoms with Gasteiger partial charge in [-0.1, -0.05) is 5.10 Å². The minimum atomic E-state index is 0.228. The predicted octanol–water partition coefficient (Wildman–Crippen LogP) is 2.22. The van der Waals surface area contributed by atoms with Crippen LogP contribution in [0.3, 0.4) is 0 Å². The molecule has 0 fully saturated rings. The second kappa shape index (κ2) is 6.40. The van der Waals surface area contributed by atoms with Crippen molar-refractivity contribution >= 4 is 17.3 Å². The van der Waals surface area contributed by atoms with E-state index in [2.05, 4.69) is 15.2 Å². The van der Waals surface area contributed by atoms with Crippen LogP contribution in [0.25, 0.3) is 11.4 Å². The second-order valence-electron chi connectivity index (χ2n) is 3.99. The molecule has 1 heterocycles. The number of hydrogen-bond donors (Lipinski definition) is 1. The molecule has 0 aliphatic carbocycles. The molecule has 0 amide bonds. The van der Waals surface area contributed by atoms with E-state index < -0.39 is 0 Å². The Morgan fingerprint density at radius 2 is 1.67 bits per heavy atom. The molecule has 0 aliphatic heterocycles. The summed E-state index contributed by atoms with van der Waals surface area (Å²) in [5, 5.41) is 8.21. The maximum absolute atomic E-state index is 5.29. The van der Waals surface area contributed by atoms with Crippen LogP contribution in [-0.2, 0) is 0 Å². The van der Waals surface area contributed by atoms with E-state index in [1.165, 1.54) is 0 Å². The van der Waals surface area contributed by atoms with Gasteiger partial charge in [-0.25, -0.2) is 0 Å². The molecule has 21 heavy (non-hydrogen) atoms. The van der Waals surface area contributed by atoms with Crippen molar-refractivity contribution in [2.24, 2.45) is 0 Å². The molecule has 1 N–H and O–H groups in total. The zero-order valence-corrected chi connectivity index (χ0v) is 12.9. The molecule has 0 radical (unpaired) electrons. The van der Waals surface area contributed by atoms with Gasteiger partial charge < -0.3 is 18.9 Å². The molecule has 0 saturated heterocycles. The number of benzene rings is 1. The molecule has 0 spiro atoms. The zero-order valence-electron chi connectivity index (χ0n) is 12.1. The van der Waals surface area contributed by atoms with E-state index >= 15 is 0 Å². The number of nitrogens with one attached hydrogen (secondary N) is 1. The van der Waals surface area contributed by atoms with Crippen LogP contribution in [0.2, 0.25) is 0 Å². The van der Waals surface area contributed by atoms with Crippen LogP contribution in [0.4, 0.5) is 0 Å². The van der Waals surface area contributed by atoms with Gasteiger partial charge >= 0.3 is 6.01 Å². The first-order valence-corrected chi connectivity index (χ1v) is 6.41. The molecular weight excluding hydrogens is 294 g/mol. The lowest BCUT2D eigenvalue weighted by Crippen LogP contribution is -2.00. The highest BCUT2D eigenvalue weighted by atomic mass is 32.1. The Morgan fingerprint density at radius 1 is 1.05 bits per heavy atom. The molecule has 1 aromatic carbocycles. The molecule has 112 valence electrons. The first-order chi connectivity index (χ1) is 10.1. The Hall–Kier alpha value is -2.35. The summed E-state index contributed by atoms with van der Waals surface area (Å²) in [5.41, 5.74) is 0.717. The number of rotatable bonds is 5. The van der Waals surface area contributed by atoms with Gasteiger partial charge in [-0.3, -0.25) is 4.98 Å². The minimum Gasteiger partial charge on any atom is -0.493 e. The number of aromatic nitrogens is 3. The number of nitrogens with zero attached hydrogens (tertiary/aromatic N) is 2. The normalized spacial score (nSPS) is 10.1. The topological polar surface area (TPSA) is 78.5 Å². The molecule has 2 aromatic rings. The molecular formula is C13H15N3O4S. The SMILES string of the molecule is COc1cc(-c2nnc(OC(C)=S)[nH]2)cc(OC)c1OC. The van der Waals surface area contributed by atoms with Crippen LogP contribution in [0, 0.1) is 0 Å². The first-order valence-electron chi connectivity index (χ1n) is 6.00. The summed E-state index contributed by atoms with van der Waals surface area (Å²) >= 11 is 4.85. The quantitative estimate of drug-likeness (QED) is 0.848. The smallest absolute Gasteiger partial charge is 0.320 e. The zero-order chi connectivity index (χ0) is 15.4. The van der Waals surface area contributed by atoms with Crippen molar-refractivity contribution in [2.45, 2.75) is 6.92 Å². The van der Waals surface area contributed by atoms with Crippen LogP contribution in [0.5, 0.6) is 23.3 Å². The molecule has 0 bridgehead atoms. The fourth-order valence-electron chi connectivity index (χ4n) is 1.78. The monoisotopic (exact) mass is 309 g/mol. The standard InChI is InChI=1S/C13H15N3O4S/c1-7(21)20-13-14-12(15-16-13)8-5-9(17-2)11(19-4)10(6-8)18-3/h5-6H,1-4H3,(H,14,15,16). The number of H-pyrrole nitrogens is 1. The van der Waals surface area contributed by atoms with E-state index in [-0.39, 0.29) is 6.01 Å². The largest absolute Gasteiger partial charge is 0.493 e. The van der Waals surface area contributed by atoms with Gasteiger partial charge in [0, 0.05) is 12.5 Å². The van der Waals surface area contributed by atoms with Crippen LogP contribution in [-0.4, -0.2) is 41.6 Å². The fraction of sp³-hybridized carbons (Fsp3) is 0.308. The van der Waals surface area contributed by atoms with Gasteiger partial charge in [-0.05, 0) is 24.4 Å². The van der Waals surface area contributed by atoms with Gasteiger partial charge in [0.05, 0.1) is 21.3 Å². The number of hydrogen-bond acceptors (Lipinski definition) is 7. The van der Waals surface area contributed by atoms with Crippen LogP contribution >= 0.6 is 12.2 Å². The summed E-state index contributed by atoms with van der Waals surface area (Å²) in [4.78, 5) is 2.92. The molecule has 0 atom stereocenters. The lowest BCUT2D eigenvalue weighted by atomic mass is 10.1. The highest BCUT2D eigenvalue weighted by Crippen LogP contribution is 2.40. The van der Waals surface area contributed by atoms with Gasteiger partial charge in [0.2, 0.25) is 5.75 Å². The third-order valence-electron chi connectivity index (χ3n) is 2.64. The van der Waals surface area contributed by atoms with Crippen molar-refractivity contribution in [3.8, 4) is 34.6 Å². The van der Waals surface area contributed by atoms with Gasteiger partial charge in [-0.2, -0.15) is 0 Å². The summed E-state index contributed by atoms with van der Waals surface area (Å²) in [7, 11) is 4.64. The van der Waals surface area contributed by atoms with Gasteiger partial charge in [0.25, 0.3) is 0 Å². The molecule has 0 aliphatic rings. The third-order valence-corrected chi connectivity index (χ3v) is 2.73. The van der Waals surface area contributed by atoms with Crippen LogP contribution in [0.1, 0.15) is 6.92 Å². The van der Waals surface area contributed by atoms with E-state index in [4.69, 9.17) is 31.2 Å². The molecule has 0 unspecified atom stereocenters. The number of ether oxygens (including phenoxy) is 4. The number of methoxy groups -OCH3 is 3. The summed E-state index contributed by atoms with van der Waals surface area (Å²) in [6.07, 6.45) is 0. The lowest BCUT2D eigenvalue weighted by Gasteiger charge is -2.13. The molecule has 8 heteroatoms. The highest BCUT2D eigenvalue weighted by molar-refractivity contribution is 7.80. The van der Waals surface area contributed by atoms with Gasteiger partial charge in [0.1, 0.15) is 0 Å². The van der Waals surface area contributed by atoms with Crippen LogP contribution < -0.4 is 18.9 Å². The van der Waals surface area contributed by atoms with Crippen molar-refractivity contribution in [1.82, 2.24) is 15.2 Å². The molecule has 1 aromatic heterocycles. The summed E-state index contributed by atoms with van der Waals surface area (Å²) in [6.45, 7) is 1.65. The Balaban J connectivity index is 2.44. The van der Waals surface area contributed by atoms with E-state index in [0.717, 1.165) is 0 Å². The van der Waals surface area contributed by atoms with Crippen molar-refractivity contribution in [2.75, 3.05) is 21.3 Å². The van der Waals surface area contributed by atoms with E-state index in [1.807, 2.05) is 0 Å². The van der Waals surface area contributed by atoms with Crippen molar-refractivity contribution in [3.05, 3.63) is 12.1 Å². The summed E-state index contributed by atoms with van der Waals surface area (Å²) in [6, 6.07) is 3.75. The average Bonchev–Trinajstić information content (AvgIpc) is 2.93. The van der Waals surface area contributed by atoms with Crippen LogP contribution in [0.15, 0.2) is 12.1 Å². The van der Waals surface area contributed by atoms with E-state index in [1.54, 1.807) is 40.4 Å². The van der Waals surface area contributed by atoms with Gasteiger partial charge in [-0.15, -0.1) is 5.10 Å². The van der Waals surface area contributed by atoms with E-state index in [0.29, 0.717) is 33.7 Å². The maximum atomic E-state index is 5.29. The van der Waals surface area contributed by atoms with Crippen molar-refractivity contribution < 1.29 is 18.9 Å². The number of thiocarbonyl (C=S) groups is 1. The summed E-state index contributed by atoms with van der Waals surface area (Å²) in [5.74, 6) is 2.06. The Labute approximate surface area is 127 Å². The summed E-state index contributed by atoms with van der Waals surface area (Å²) < 4.78 is 21.0. The fourth-order valence-corrected chi connectivity index (χ4v) is 1.86. The Kier molecular flexibility index (Phi) is 4.59. The third kappa shape index (κ3) is 3.22. The van der Waals surface area contributed by atoms with Crippen molar-refractivity contribution in [3.63, 3.8) is 0 Å². The van der Waals surface area contributed by atoms with Gasteiger partial charge in [0.15, 0.2) is 22.4 Å².